The number of carbonyl (C=O) groups is 1. The van der Waals surface area contributed by atoms with E-state index >= 15 is 0 Å². The molecule has 2 N–H and O–H groups in total. The molecule has 0 aliphatic carbocycles. The highest BCUT2D eigenvalue weighted by molar-refractivity contribution is 7.89. The fourth-order valence-corrected chi connectivity index (χ4v) is 4.52. The number of aromatic nitrogens is 1. The van der Waals surface area contributed by atoms with Crippen molar-refractivity contribution in [2.24, 2.45) is 0 Å². The van der Waals surface area contributed by atoms with Crippen LogP contribution in [0.2, 0.25) is 0 Å². The Hall–Kier alpha value is -4.01. The molecule has 4 aromatic rings. The monoisotopic (exact) mass is 473 g/mol. The third kappa shape index (κ3) is 5.86. The topological polar surface area (TPSA) is 97.4 Å². The van der Waals surface area contributed by atoms with Gasteiger partial charge in [-0.3, -0.25) is 9.78 Å². The van der Waals surface area contributed by atoms with Crippen LogP contribution in [0.5, 0.6) is 11.5 Å². The Morgan fingerprint density at radius 1 is 0.882 bits per heavy atom. The minimum absolute atomic E-state index is 0.0668. The maximum Gasteiger partial charge on any atom is 0.255 e. The zero-order valence-corrected chi connectivity index (χ0v) is 19.2. The van der Waals surface area contributed by atoms with Crippen molar-refractivity contribution in [2.45, 2.75) is 18.4 Å². The van der Waals surface area contributed by atoms with Crippen molar-refractivity contribution in [1.29, 1.82) is 0 Å². The second kappa shape index (κ2) is 10.3. The number of aryl methyl sites for hydroxylation is 1. The first-order chi connectivity index (χ1) is 16.4. The summed E-state index contributed by atoms with van der Waals surface area (Å²) in [6.45, 7) is 1.85. The van der Waals surface area contributed by atoms with E-state index in [-0.39, 0.29) is 17.0 Å². The van der Waals surface area contributed by atoms with Crippen LogP contribution in [0.1, 0.15) is 21.5 Å². The van der Waals surface area contributed by atoms with Crippen LogP contribution in [0.3, 0.4) is 0 Å². The lowest BCUT2D eigenvalue weighted by molar-refractivity contribution is 0.102. The van der Waals surface area contributed by atoms with Crippen molar-refractivity contribution in [2.75, 3.05) is 5.32 Å². The number of hydrogen-bond acceptors (Lipinski definition) is 5. The molecule has 4 rings (SSSR count). The summed E-state index contributed by atoms with van der Waals surface area (Å²) in [6, 6.07) is 24.2. The third-order valence-electron chi connectivity index (χ3n) is 5.05. The van der Waals surface area contributed by atoms with Gasteiger partial charge in [0.15, 0.2) is 0 Å². The number of nitrogens with one attached hydrogen (secondary N) is 2. The van der Waals surface area contributed by atoms with E-state index in [9.17, 15) is 13.2 Å². The fourth-order valence-electron chi connectivity index (χ4n) is 3.23. The molecule has 0 fully saturated rings. The number of hydrogen-bond donors (Lipinski definition) is 2. The molecule has 0 aliphatic heterocycles. The molecule has 0 saturated heterocycles. The lowest BCUT2D eigenvalue weighted by Crippen LogP contribution is -2.24. The molecule has 1 aromatic heterocycles. The van der Waals surface area contributed by atoms with E-state index < -0.39 is 15.9 Å². The molecule has 0 radical (unpaired) electrons. The molecule has 0 saturated carbocycles. The zero-order chi connectivity index (χ0) is 24.0. The van der Waals surface area contributed by atoms with Crippen molar-refractivity contribution in [3.63, 3.8) is 0 Å². The summed E-state index contributed by atoms with van der Waals surface area (Å²) in [4.78, 5) is 16.8. The average Bonchev–Trinajstić information content (AvgIpc) is 2.85. The Bertz CT molecular complexity index is 1370. The van der Waals surface area contributed by atoms with E-state index in [0.29, 0.717) is 22.7 Å². The van der Waals surface area contributed by atoms with Crippen LogP contribution in [0.4, 0.5) is 5.69 Å². The van der Waals surface area contributed by atoms with E-state index in [1.807, 2.05) is 30.3 Å². The number of carbonyl (C=O) groups excluding carboxylic acids is 1. The predicted molar refractivity (Wildman–Crippen MR) is 130 cm³/mol. The average molecular weight is 474 g/mol. The number of pyridine rings is 1. The lowest BCUT2D eigenvalue weighted by atomic mass is 10.1. The lowest BCUT2D eigenvalue weighted by Gasteiger charge is -2.12. The van der Waals surface area contributed by atoms with Crippen molar-refractivity contribution in [3.05, 3.63) is 114 Å². The Balaban J connectivity index is 1.45. The van der Waals surface area contributed by atoms with Gasteiger partial charge < -0.3 is 10.1 Å². The first-order valence-corrected chi connectivity index (χ1v) is 12.0. The molecule has 7 nitrogen and oxygen atoms in total. The molecule has 172 valence electrons. The summed E-state index contributed by atoms with van der Waals surface area (Å²) in [5.74, 6) is 0.848. The summed E-state index contributed by atoms with van der Waals surface area (Å²) >= 11 is 0. The number of amides is 1. The highest BCUT2D eigenvalue weighted by atomic mass is 32.2. The molecule has 1 amide bonds. The predicted octanol–water partition coefficient (Wildman–Crippen LogP) is 4.91. The van der Waals surface area contributed by atoms with Gasteiger partial charge in [0.05, 0.1) is 4.90 Å². The van der Waals surface area contributed by atoms with Crippen molar-refractivity contribution >= 4 is 21.6 Å². The summed E-state index contributed by atoms with van der Waals surface area (Å²) in [6.07, 6.45) is 3.27. The smallest absolute Gasteiger partial charge is 0.255 e. The van der Waals surface area contributed by atoms with Crippen molar-refractivity contribution < 1.29 is 17.9 Å². The highest BCUT2D eigenvalue weighted by Gasteiger charge is 2.19. The number of anilines is 1. The zero-order valence-electron chi connectivity index (χ0n) is 18.4. The van der Waals surface area contributed by atoms with Crippen LogP contribution in [0.15, 0.2) is 102 Å². The maximum absolute atomic E-state index is 12.9. The van der Waals surface area contributed by atoms with Gasteiger partial charge in [0.2, 0.25) is 10.0 Å². The van der Waals surface area contributed by atoms with Gasteiger partial charge in [-0.05, 0) is 66.6 Å². The van der Waals surface area contributed by atoms with E-state index in [2.05, 4.69) is 15.0 Å². The Kier molecular flexibility index (Phi) is 7.01. The molecule has 8 heteroatoms. The normalized spacial score (nSPS) is 11.1. The summed E-state index contributed by atoms with van der Waals surface area (Å²) < 4.78 is 34.1. The van der Waals surface area contributed by atoms with E-state index in [1.165, 1.54) is 6.07 Å². The van der Waals surface area contributed by atoms with Gasteiger partial charge in [0.25, 0.3) is 5.91 Å². The minimum atomic E-state index is -3.80. The minimum Gasteiger partial charge on any atom is -0.457 e. The summed E-state index contributed by atoms with van der Waals surface area (Å²) in [7, 11) is -3.80. The molecule has 0 atom stereocenters. The molecule has 0 spiro atoms. The molecule has 0 unspecified atom stereocenters. The molecular formula is C26H23N3O4S. The molecular weight excluding hydrogens is 450 g/mol. The highest BCUT2D eigenvalue weighted by Crippen LogP contribution is 2.23. The van der Waals surface area contributed by atoms with E-state index in [4.69, 9.17) is 4.74 Å². The van der Waals surface area contributed by atoms with Crippen LogP contribution < -0.4 is 14.8 Å². The van der Waals surface area contributed by atoms with Crippen molar-refractivity contribution in [1.82, 2.24) is 9.71 Å². The van der Waals surface area contributed by atoms with Gasteiger partial charge in [-0.2, -0.15) is 0 Å². The number of ether oxygens (including phenoxy) is 1. The first kappa shape index (κ1) is 23.2. The molecule has 1 heterocycles. The number of nitrogens with zero attached hydrogens (tertiary/aromatic N) is 1. The van der Waals surface area contributed by atoms with E-state index in [1.54, 1.807) is 67.8 Å². The molecule has 0 bridgehead atoms. The maximum atomic E-state index is 12.9. The van der Waals surface area contributed by atoms with Gasteiger partial charge in [-0.25, -0.2) is 13.1 Å². The largest absolute Gasteiger partial charge is 0.457 e. The second-order valence-corrected chi connectivity index (χ2v) is 9.29. The van der Waals surface area contributed by atoms with Crippen LogP contribution in [0, 0.1) is 6.92 Å². The van der Waals surface area contributed by atoms with Gasteiger partial charge in [-0.1, -0.05) is 36.4 Å². The molecule has 0 aliphatic rings. The second-order valence-electron chi connectivity index (χ2n) is 7.55. The SMILES string of the molecule is Cc1ccc(C(=O)Nc2ccc(Oc3ccncc3)cc2)cc1S(=O)(=O)NCc1ccccc1. The molecule has 3 aromatic carbocycles. The Labute approximate surface area is 198 Å². The van der Waals surface area contributed by atoms with Crippen molar-refractivity contribution in [3.8, 4) is 11.5 Å². The fraction of sp³-hybridized carbons (Fsp3) is 0.0769. The van der Waals surface area contributed by atoms with Crippen LogP contribution in [0.25, 0.3) is 0 Å². The van der Waals surface area contributed by atoms with Gasteiger partial charge >= 0.3 is 0 Å². The van der Waals surface area contributed by atoms with E-state index in [0.717, 1.165) is 5.56 Å². The first-order valence-electron chi connectivity index (χ1n) is 10.5. The number of benzene rings is 3. The third-order valence-corrected chi connectivity index (χ3v) is 6.59. The van der Waals surface area contributed by atoms with Crippen LogP contribution in [-0.4, -0.2) is 19.3 Å². The number of sulfonamides is 1. The summed E-state index contributed by atoms with van der Waals surface area (Å²) in [5.41, 5.74) is 2.19. The quantitative estimate of drug-likeness (QED) is 0.379. The van der Waals surface area contributed by atoms with Crippen LogP contribution in [-0.2, 0) is 16.6 Å². The Morgan fingerprint density at radius 2 is 1.56 bits per heavy atom. The van der Waals surface area contributed by atoms with Gasteiger partial charge in [0, 0.05) is 30.2 Å². The number of rotatable bonds is 8. The Morgan fingerprint density at radius 3 is 2.26 bits per heavy atom. The molecule has 34 heavy (non-hydrogen) atoms. The van der Waals surface area contributed by atoms with Crippen LogP contribution >= 0.6 is 0 Å². The van der Waals surface area contributed by atoms with Gasteiger partial charge in [-0.15, -0.1) is 0 Å². The summed E-state index contributed by atoms with van der Waals surface area (Å²) in [5, 5.41) is 2.79. The standard InChI is InChI=1S/C26H23N3O4S/c1-19-7-8-21(17-25(19)34(31,32)28-18-20-5-3-2-4-6-20)26(30)29-22-9-11-23(12-10-22)33-24-13-15-27-16-14-24/h2-17,28H,18H2,1H3,(H,29,30). The van der Waals surface area contributed by atoms with Gasteiger partial charge in [0.1, 0.15) is 11.5 Å².